The van der Waals surface area contributed by atoms with E-state index in [1.165, 1.54) is 0 Å². The minimum Gasteiger partial charge on any atom is -0.480 e. The standard InChI is InChI=1S/C21H24N2O3/c1-16(21(25)23-13-7-8-14-23)26-19-12-6-5-11-18(19)20(24)22-15-17-9-3-2-4-10-17/h2-6,9-12,16H,7-8,13-15H2,1H3,(H,22,24)/t16-/m0/s1. The fourth-order valence-electron chi connectivity index (χ4n) is 3.07. The normalized spacial score (nSPS) is 14.7. The zero-order valence-electron chi connectivity index (χ0n) is 15.0. The smallest absolute Gasteiger partial charge is 0.263 e. The van der Waals surface area contributed by atoms with Gasteiger partial charge < -0.3 is 15.0 Å². The average Bonchev–Trinajstić information content (AvgIpc) is 3.21. The van der Waals surface area contributed by atoms with Gasteiger partial charge in [-0.3, -0.25) is 9.59 Å². The van der Waals surface area contributed by atoms with Gasteiger partial charge in [-0.2, -0.15) is 0 Å². The van der Waals surface area contributed by atoms with Gasteiger partial charge in [0, 0.05) is 19.6 Å². The second-order valence-corrected chi connectivity index (χ2v) is 6.46. The Bertz CT molecular complexity index is 755. The molecule has 2 aromatic carbocycles. The van der Waals surface area contributed by atoms with Gasteiger partial charge in [0.15, 0.2) is 6.10 Å². The molecule has 1 saturated heterocycles. The number of rotatable bonds is 6. The quantitative estimate of drug-likeness (QED) is 0.869. The van der Waals surface area contributed by atoms with Crippen LogP contribution in [-0.4, -0.2) is 35.9 Å². The van der Waals surface area contributed by atoms with Crippen LogP contribution in [0.1, 0.15) is 35.7 Å². The van der Waals surface area contributed by atoms with Crippen LogP contribution in [0.4, 0.5) is 0 Å². The van der Waals surface area contributed by atoms with Gasteiger partial charge in [-0.25, -0.2) is 0 Å². The summed E-state index contributed by atoms with van der Waals surface area (Å²) in [6.07, 6.45) is 1.46. The SMILES string of the molecule is C[C@H](Oc1ccccc1C(=O)NCc1ccccc1)C(=O)N1CCCC1. The molecule has 0 aliphatic carbocycles. The lowest BCUT2D eigenvalue weighted by Gasteiger charge is -2.22. The van der Waals surface area contributed by atoms with Gasteiger partial charge in [0.1, 0.15) is 5.75 Å². The summed E-state index contributed by atoms with van der Waals surface area (Å²) >= 11 is 0. The Balaban J connectivity index is 1.65. The van der Waals surface area contributed by atoms with E-state index in [0.29, 0.717) is 17.9 Å². The summed E-state index contributed by atoms with van der Waals surface area (Å²) in [6.45, 7) is 3.74. The van der Waals surface area contributed by atoms with Gasteiger partial charge in [-0.15, -0.1) is 0 Å². The van der Waals surface area contributed by atoms with Crippen molar-refractivity contribution in [2.24, 2.45) is 0 Å². The molecule has 0 saturated carbocycles. The Morgan fingerprint density at radius 3 is 2.42 bits per heavy atom. The summed E-state index contributed by atoms with van der Waals surface area (Å²) in [4.78, 5) is 26.8. The number of nitrogens with zero attached hydrogens (tertiary/aromatic N) is 1. The van der Waals surface area contributed by atoms with E-state index in [4.69, 9.17) is 4.74 Å². The summed E-state index contributed by atoms with van der Waals surface area (Å²) in [5, 5.41) is 2.90. The molecule has 1 fully saturated rings. The van der Waals surface area contributed by atoms with Crippen molar-refractivity contribution < 1.29 is 14.3 Å². The number of hydrogen-bond acceptors (Lipinski definition) is 3. The van der Waals surface area contributed by atoms with Gasteiger partial charge in [-0.05, 0) is 37.5 Å². The lowest BCUT2D eigenvalue weighted by Crippen LogP contribution is -2.38. The zero-order valence-corrected chi connectivity index (χ0v) is 15.0. The molecule has 1 aliphatic heterocycles. The molecule has 1 N–H and O–H groups in total. The van der Waals surface area contributed by atoms with Crippen LogP contribution < -0.4 is 10.1 Å². The first kappa shape index (κ1) is 18.0. The number of hydrogen-bond donors (Lipinski definition) is 1. The summed E-state index contributed by atoms with van der Waals surface area (Å²) in [5.41, 5.74) is 1.46. The zero-order chi connectivity index (χ0) is 18.4. The van der Waals surface area contributed by atoms with Crippen molar-refractivity contribution in [2.75, 3.05) is 13.1 Å². The fourth-order valence-corrected chi connectivity index (χ4v) is 3.07. The van der Waals surface area contributed by atoms with Crippen LogP contribution in [0.15, 0.2) is 54.6 Å². The lowest BCUT2D eigenvalue weighted by atomic mass is 10.1. The molecule has 2 aromatic rings. The molecule has 1 aliphatic rings. The van der Waals surface area contributed by atoms with Crippen LogP contribution in [0.3, 0.4) is 0 Å². The molecule has 5 nitrogen and oxygen atoms in total. The second kappa shape index (κ2) is 8.52. The van der Waals surface area contributed by atoms with E-state index in [0.717, 1.165) is 31.5 Å². The van der Waals surface area contributed by atoms with Crippen molar-refractivity contribution in [1.82, 2.24) is 10.2 Å². The average molecular weight is 352 g/mol. The van der Waals surface area contributed by atoms with Crippen LogP contribution in [-0.2, 0) is 11.3 Å². The van der Waals surface area contributed by atoms with Crippen molar-refractivity contribution in [3.8, 4) is 5.75 Å². The number of carbonyl (C=O) groups excluding carboxylic acids is 2. The molecule has 1 heterocycles. The maximum absolute atomic E-state index is 12.6. The minimum absolute atomic E-state index is 0.0259. The Morgan fingerprint density at radius 1 is 1.04 bits per heavy atom. The molecular weight excluding hydrogens is 328 g/mol. The van der Waals surface area contributed by atoms with Gasteiger partial charge in [0.05, 0.1) is 5.56 Å². The van der Waals surface area contributed by atoms with Crippen molar-refractivity contribution in [2.45, 2.75) is 32.4 Å². The number of benzene rings is 2. The molecule has 5 heteroatoms. The first-order valence-electron chi connectivity index (χ1n) is 9.02. The third-order valence-electron chi connectivity index (χ3n) is 4.50. The van der Waals surface area contributed by atoms with E-state index in [9.17, 15) is 9.59 Å². The highest BCUT2D eigenvalue weighted by molar-refractivity contribution is 5.97. The molecule has 1 atom stereocenters. The Hall–Kier alpha value is -2.82. The summed E-state index contributed by atoms with van der Waals surface area (Å²) in [7, 11) is 0. The van der Waals surface area contributed by atoms with E-state index in [-0.39, 0.29) is 11.8 Å². The van der Waals surface area contributed by atoms with Gasteiger partial charge >= 0.3 is 0 Å². The number of likely N-dealkylation sites (tertiary alicyclic amines) is 1. The maximum Gasteiger partial charge on any atom is 0.263 e. The Labute approximate surface area is 154 Å². The lowest BCUT2D eigenvalue weighted by molar-refractivity contribution is -0.136. The van der Waals surface area contributed by atoms with Crippen molar-refractivity contribution in [1.29, 1.82) is 0 Å². The molecule has 136 valence electrons. The largest absolute Gasteiger partial charge is 0.480 e. The molecule has 2 amide bonds. The third-order valence-corrected chi connectivity index (χ3v) is 4.50. The minimum atomic E-state index is -0.615. The van der Waals surface area contributed by atoms with E-state index < -0.39 is 6.10 Å². The topological polar surface area (TPSA) is 58.6 Å². The summed E-state index contributed by atoms with van der Waals surface area (Å²) in [5.74, 6) is 0.186. The first-order chi connectivity index (χ1) is 12.6. The van der Waals surface area contributed by atoms with Crippen LogP contribution in [0, 0.1) is 0 Å². The number of para-hydroxylation sites is 1. The Kier molecular flexibility index (Phi) is 5.89. The number of carbonyl (C=O) groups is 2. The molecular formula is C21H24N2O3. The van der Waals surface area contributed by atoms with E-state index in [1.54, 1.807) is 31.2 Å². The fraction of sp³-hybridized carbons (Fsp3) is 0.333. The van der Waals surface area contributed by atoms with E-state index in [1.807, 2.05) is 35.2 Å². The summed E-state index contributed by atoms with van der Waals surface area (Å²) in [6, 6.07) is 16.8. The van der Waals surface area contributed by atoms with Crippen molar-refractivity contribution >= 4 is 11.8 Å². The van der Waals surface area contributed by atoms with Crippen molar-refractivity contribution in [3.63, 3.8) is 0 Å². The van der Waals surface area contributed by atoms with Gasteiger partial charge in [-0.1, -0.05) is 42.5 Å². The van der Waals surface area contributed by atoms with Crippen LogP contribution in [0.2, 0.25) is 0 Å². The van der Waals surface area contributed by atoms with Crippen LogP contribution in [0.25, 0.3) is 0 Å². The molecule has 0 unspecified atom stereocenters. The van der Waals surface area contributed by atoms with Gasteiger partial charge in [0.2, 0.25) is 0 Å². The molecule has 26 heavy (non-hydrogen) atoms. The van der Waals surface area contributed by atoms with Crippen LogP contribution >= 0.6 is 0 Å². The first-order valence-corrected chi connectivity index (χ1v) is 9.02. The summed E-state index contributed by atoms with van der Waals surface area (Å²) < 4.78 is 5.84. The van der Waals surface area contributed by atoms with Gasteiger partial charge in [0.25, 0.3) is 11.8 Å². The molecule has 0 spiro atoms. The highest BCUT2D eigenvalue weighted by Gasteiger charge is 2.25. The molecule has 0 bridgehead atoms. The number of nitrogens with one attached hydrogen (secondary N) is 1. The van der Waals surface area contributed by atoms with E-state index >= 15 is 0 Å². The van der Waals surface area contributed by atoms with E-state index in [2.05, 4.69) is 5.32 Å². The molecule has 0 radical (unpaired) electrons. The highest BCUT2D eigenvalue weighted by atomic mass is 16.5. The monoisotopic (exact) mass is 352 g/mol. The molecule has 3 rings (SSSR count). The third kappa shape index (κ3) is 4.42. The number of amides is 2. The molecule has 0 aromatic heterocycles. The van der Waals surface area contributed by atoms with Crippen molar-refractivity contribution in [3.05, 3.63) is 65.7 Å². The highest BCUT2D eigenvalue weighted by Crippen LogP contribution is 2.21. The predicted molar refractivity (Wildman–Crippen MR) is 100.0 cm³/mol. The second-order valence-electron chi connectivity index (χ2n) is 6.46. The van der Waals surface area contributed by atoms with Crippen LogP contribution in [0.5, 0.6) is 5.75 Å². The maximum atomic E-state index is 12.6. The predicted octanol–water partition coefficient (Wildman–Crippen LogP) is 3.01. The number of ether oxygens (including phenoxy) is 1. The Morgan fingerprint density at radius 2 is 1.69 bits per heavy atom.